The Morgan fingerprint density at radius 1 is 1.11 bits per heavy atom. The first-order valence-corrected chi connectivity index (χ1v) is 9.60. The van der Waals surface area contributed by atoms with E-state index in [4.69, 9.17) is 23.7 Å². The van der Waals surface area contributed by atoms with Crippen LogP contribution in [0.2, 0.25) is 0 Å². The third kappa shape index (κ3) is 4.15. The fourth-order valence-electron chi connectivity index (χ4n) is 3.00. The first kappa shape index (κ1) is 22.5. The molecule has 27 heavy (non-hydrogen) atoms. The molecule has 0 aromatic heterocycles. The number of carbonyl (C=O) groups is 1. The zero-order valence-electron chi connectivity index (χ0n) is 15.6. The lowest BCUT2D eigenvalue weighted by Gasteiger charge is -2.40. The zero-order valence-corrected chi connectivity index (χ0v) is 18.6. The Morgan fingerprint density at radius 2 is 1.70 bits per heavy atom. The number of thiol groups is 1. The Balaban J connectivity index is 2.53. The van der Waals surface area contributed by atoms with Gasteiger partial charge in [-0.1, -0.05) is 0 Å². The Labute approximate surface area is 176 Å². The van der Waals surface area contributed by atoms with Gasteiger partial charge in [0.05, 0.1) is 29.5 Å². The van der Waals surface area contributed by atoms with E-state index in [0.717, 1.165) is 0 Å². The van der Waals surface area contributed by atoms with E-state index in [9.17, 15) is 15.0 Å². The van der Waals surface area contributed by atoms with E-state index < -0.39 is 35.8 Å². The van der Waals surface area contributed by atoms with Crippen molar-refractivity contribution in [1.82, 2.24) is 0 Å². The molecule has 1 saturated heterocycles. The molecule has 0 aliphatic carbocycles. The fourth-order valence-corrected chi connectivity index (χ4v) is 3.91. The van der Waals surface area contributed by atoms with E-state index in [-0.39, 0.29) is 22.8 Å². The number of hydrogen-bond acceptors (Lipinski definition) is 8. The van der Waals surface area contributed by atoms with Gasteiger partial charge in [-0.05, 0) is 42.0 Å². The van der Waals surface area contributed by atoms with Gasteiger partial charge < -0.3 is 33.9 Å². The summed E-state index contributed by atoms with van der Waals surface area (Å²) in [7, 11) is 4.20. The maximum Gasteiger partial charge on any atom is 0.229 e. The molecular formula is C17H23IO8S. The molecule has 0 spiro atoms. The summed E-state index contributed by atoms with van der Waals surface area (Å²) in [4.78, 5) is 12.0. The summed E-state index contributed by atoms with van der Waals surface area (Å²) < 4.78 is 28.1. The van der Waals surface area contributed by atoms with Crippen molar-refractivity contribution in [3.05, 3.63) is 14.7 Å². The van der Waals surface area contributed by atoms with Crippen molar-refractivity contribution >= 4 is 40.3 Å². The van der Waals surface area contributed by atoms with Gasteiger partial charge >= 0.3 is 0 Å². The molecule has 1 heterocycles. The van der Waals surface area contributed by atoms with Crippen molar-refractivity contribution in [3.8, 4) is 17.2 Å². The van der Waals surface area contributed by atoms with E-state index in [1.807, 2.05) is 22.6 Å². The van der Waals surface area contributed by atoms with Crippen molar-refractivity contribution in [2.75, 3.05) is 21.3 Å². The van der Waals surface area contributed by atoms with Crippen molar-refractivity contribution in [1.29, 1.82) is 0 Å². The molecule has 0 bridgehead atoms. The topological polar surface area (TPSA) is 104 Å². The Hall–Kier alpha value is -0.790. The van der Waals surface area contributed by atoms with E-state index in [0.29, 0.717) is 9.13 Å². The lowest BCUT2D eigenvalue weighted by molar-refractivity contribution is -0.273. The van der Waals surface area contributed by atoms with E-state index >= 15 is 0 Å². The first-order chi connectivity index (χ1) is 12.7. The lowest BCUT2D eigenvalue weighted by atomic mass is 9.99. The van der Waals surface area contributed by atoms with Gasteiger partial charge in [-0.25, -0.2) is 0 Å². The van der Waals surface area contributed by atoms with Crippen molar-refractivity contribution in [3.63, 3.8) is 0 Å². The van der Waals surface area contributed by atoms with Gasteiger partial charge in [0.15, 0.2) is 11.5 Å². The van der Waals surface area contributed by atoms with Crippen LogP contribution in [-0.2, 0) is 9.47 Å². The van der Waals surface area contributed by atoms with Crippen LogP contribution in [0.3, 0.4) is 0 Å². The number of rotatable bonds is 6. The molecule has 152 valence electrons. The smallest absolute Gasteiger partial charge is 0.229 e. The molecule has 8 nitrogen and oxygen atoms in total. The van der Waals surface area contributed by atoms with Gasteiger partial charge in [0, 0.05) is 7.11 Å². The van der Waals surface area contributed by atoms with Gasteiger partial charge in [0.2, 0.25) is 17.2 Å². The average molecular weight is 514 g/mol. The third-order valence-electron chi connectivity index (χ3n) is 4.45. The van der Waals surface area contributed by atoms with Crippen LogP contribution in [0.5, 0.6) is 17.2 Å². The number of hydrogen-bond donors (Lipinski definition) is 3. The molecule has 0 amide bonds. The molecular weight excluding hydrogens is 491 g/mol. The van der Waals surface area contributed by atoms with Crippen LogP contribution in [0, 0.1) is 10.5 Å². The van der Waals surface area contributed by atoms with E-state index in [1.54, 1.807) is 13.8 Å². The maximum absolute atomic E-state index is 12.0. The summed E-state index contributed by atoms with van der Waals surface area (Å²) in [5.41, 5.74) is 0.850. The van der Waals surface area contributed by atoms with E-state index in [1.165, 1.54) is 21.3 Å². The first-order valence-electron chi connectivity index (χ1n) is 8.07. The number of aliphatic hydroxyl groups excluding tert-OH is 2. The van der Waals surface area contributed by atoms with Gasteiger partial charge in [-0.15, -0.1) is 12.6 Å². The summed E-state index contributed by atoms with van der Waals surface area (Å²) in [5.74, 6) is 0.591. The second kappa shape index (κ2) is 9.14. The zero-order chi connectivity index (χ0) is 20.5. The summed E-state index contributed by atoms with van der Waals surface area (Å²) in [5, 5.41) is 20.1. The molecule has 1 aliphatic rings. The van der Waals surface area contributed by atoms with Crippen LogP contribution in [0.15, 0.2) is 0 Å². The highest BCUT2D eigenvalue weighted by molar-refractivity contribution is 14.1. The van der Waals surface area contributed by atoms with E-state index in [2.05, 4.69) is 12.6 Å². The standard InChI is InChI=1S/C17H23IO8S/c1-6-8(16(21)27)12(22-3)15(24-5)13(9(6)18)26-17-11(20)14(23-4)10(19)7(2)25-17/h7,10-11,14,17,19-20H,1-5H3,(H,21,27)/t7?,10-,11?,14?,17-/m0/s1. The van der Waals surface area contributed by atoms with Crippen LogP contribution in [0.4, 0.5) is 0 Å². The molecule has 2 rings (SSSR count). The maximum atomic E-state index is 12.0. The van der Waals surface area contributed by atoms with Crippen LogP contribution in [0.1, 0.15) is 22.8 Å². The molecule has 1 aliphatic heterocycles. The van der Waals surface area contributed by atoms with Crippen LogP contribution < -0.4 is 14.2 Å². The molecule has 0 radical (unpaired) electrons. The van der Waals surface area contributed by atoms with Crippen LogP contribution in [-0.4, -0.2) is 67.4 Å². The third-order valence-corrected chi connectivity index (χ3v) is 5.98. The minimum absolute atomic E-state index is 0.173. The number of aliphatic hydroxyl groups is 2. The quantitative estimate of drug-likeness (QED) is 0.388. The Morgan fingerprint density at radius 3 is 2.19 bits per heavy atom. The summed E-state index contributed by atoms with van der Waals surface area (Å²) in [6, 6.07) is 0. The molecule has 2 N–H and O–H groups in total. The second-order valence-corrected chi connectivity index (χ2v) is 7.51. The van der Waals surface area contributed by atoms with Crippen molar-refractivity contribution in [2.24, 2.45) is 0 Å². The highest BCUT2D eigenvalue weighted by Crippen LogP contribution is 2.47. The largest absolute Gasteiger partial charge is 0.492 e. The number of halogens is 1. The van der Waals surface area contributed by atoms with Gasteiger partial charge in [0.1, 0.15) is 18.3 Å². The predicted molar refractivity (Wildman–Crippen MR) is 108 cm³/mol. The SMILES string of the molecule is COc1c(O[C@@H]2OC(C)[C@H](O)C(OC)C2O)c(I)c(C)c(C(=O)S)c1OC. The summed E-state index contributed by atoms with van der Waals surface area (Å²) >= 11 is 5.92. The normalized spacial score (nSPS) is 28.0. The Bertz CT molecular complexity index is 713. The van der Waals surface area contributed by atoms with Crippen LogP contribution in [0.25, 0.3) is 0 Å². The minimum Gasteiger partial charge on any atom is -0.492 e. The number of methoxy groups -OCH3 is 3. The molecule has 10 heteroatoms. The monoisotopic (exact) mass is 514 g/mol. The molecule has 5 atom stereocenters. The molecule has 0 saturated carbocycles. The second-order valence-electron chi connectivity index (χ2n) is 6.02. The average Bonchev–Trinajstić information content (AvgIpc) is 2.63. The number of ether oxygens (including phenoxy) is 5. The molecule has 3 unspecified atom stereocenters. The molecule has 1 fully saturated rings. The molecule has 1 aromatic rings. The highest BCUT2D eigenvalue weighted by atomic mass is 127. The fraction of sp³-hybridized carbons (Fsp3) is 0.588. The van der Waals surface area contributed by atoms with Crippen molar-refractivity contribution in [2.45, 2.75) is 44.6 Å². The van der Waals surface area contributed by atoms with Gasteiger partial charge in [-0.2, -0.15) is 0 Å². The van der Waals surface area contributed by atoms with Gasteiger partial charge in [0.25, 0.3) is 0 Å². The van der Waals surface area contributed by atoms with Crippen LogP contribution >= 0.6 is 35.2 Å². The lowest BCUT2D eigenvalue weighted by Crippen LogP contribution is -2.59. The summed E-state index contributed by atoms with van der Waals surface area (Å²) in [6.45, 7) is 3.37. The number of carbonyl (C=O) groups excluding carboxylic acids is 1. The summed E-state index contributed by atoms with van der Waals surface area (Å²) in [6.07, 6.45) is -4.90. The number of benzene rings is 1. The Kier molecular flexibility index (Phi) is 7.62. The van der Waals surface area contributed by atoms with Gasteiger partial charge in [-0.3, -0.25) is 4.79 Å². The highest BCUT2D eigenvalue weighted by Gasteiger charge is 2.45. The molecule has 1 aromatic carbocycles. The minimum atomic E-state index is -1.25. The van der Waals surface area contributed by atoms with Crippen molar-refractivity contribution < 1.29 is 38.7 Å². The predicted octanol–water partition coefficient (Wildman–Crippen LogP) is 1.55.